The summed E-state index contributed by atoms with van der Waals surface area (Å²) in [6, 6.07) is 5.53. The summed E-state index contributed by atoms with van der Waals surface area (Å²) in [5, 5.41) is 18.9. The Morgan fingerprint density at radius 3 is 2.55 bits per heavy atom. The first-order valence-electron chi connectivity index (χ1n) is 6.74. The molecular weight excluding hydrogens is 286 g/mol. The Balaban J connectivity index is 2.81. The molecule has 5 N–H and O–H groups in total. The minimum atomic E-state index is -1.17. The molecule has 1 unspecified atom stereocenters. The quantitative estimate of drug-likeness (QED) is 0.484. The van der Waals surface area contributed by atoms with Gasteiger partial charge in [-0.25, -0.2) is 9.59 Å². The normalized spacial score (nSPS) is 12.3. The molecule has 0 aliphatic heterocycles. The molecule has 0 bridgehead atoms. The molecule has 7 heteroatoms. The zero-order valence-corrected chi connectivity index (χ0v) is 12.8. The molecule has 0 aromatic heterocycles. The Morgan fingerprint density at radius 2 is 2.05 bits per heavy atom. The molecule has 1 aromatic rings. The summed E-state index contributed by atoms with van der Waals surface area (Å²) >= 11 is 0. The van der Waals surface area contributed by atoms with Gasteiger partial charge in [-0.15, -0.1) is 0 Å². The number of nitrogens with one attached hydrogen (secondary N) is 2. The second kappa shape index (κ2) is 6.93. The summed E-state index contributed by atoms with van der Waals surface area (Å²) in [5.74, 6) is -1.27. The third-order valence-corrected chi connectivity index (χ3v) is 2.67. The van der Waals surface area contributed by atoms with Crippen molar-refractivity contribution in [2.75, 3.05) is 0 Å². The average Bonchev–Trinajstić information content (AvgIpc) is 2.35. The number of nitrogen functional groups attached to an aromatic ring is 1. The highest BCUT2D eigenvalue weighted by Gasteiger charge is 2.24. The predicted molar refractivity (Wildman–Crippen MR) is 82.0 cm³/mol. The van der Waals surface area contributed by atoms with Gasteiger partial charge in [0.15, 0.2) is 0 Å². The largest absolute Gasteiger partial charge is 0.480 e. The van der Waals surface area contributed by atoms with Crippen molar-refractivity contribution in [2.24, 2.45) is 5.73 Å². The Labute approximate surface area is 129 Å². The highest BCUT2D eigenvalue weighted by molar-refractivity contribution is 5.95. The second-order valence-corrected chi connectivity index (χ2v) is 5.86. The summed E-state index contributed by atoms with van der Waals surface area (Å²) in [5.41, 5.74) is 5.84. The van der Waals surface area contributed by atoms with Crippen molar-refractivity contribution in [3.8, 4) is 0 Å². The monoisotopic (exact) mass is 307 g/mol. The molecule has 1 rings (SSSR count). The highest BCUT2D eigenvalue weighted by Crippen LogP contribution is 2.10. The molecule has 0 heterocycles. The maximum atomic E-state index is 11.7. The van der Waals surface area contributed by atoms with E-state index in [1.807, 2.05) is 0 Å². The topological polar surface area (TPSA) is 126 Å². The first kappa shape index (κ1) is 17.5. The molecule has 1 atom stereocenters. The van der Waals surface area contributed by atoms with E-state index in [1.165, 1.54) is 0 Å². The van der Waals surface area contributed by atoms with E-state index in [2.05, 4.69) is 5.32 Å². The number of amidine groups is 1. The summed E-state index contributed by atoms with van der Waals surface area (Å²) in [4.78, 5) is 23.0. The Morgan fingerprint density at radius 1 is 1.41 bits per heavy atom. The van der Waals surface area contributed by atoms with Crippen LogP contribution in [0.15, 0.2) is 24.3 Å². The highest BCUT2D eigenvalue weighted by atomic mass is 16.6. The Hall–Kier alpha value is -2.57. The third kappa shape index (κ3) is 5.82. The number of carbonyl (C=O) groups excluding carboxylic acids is 1. The van der Waals surface area contributed by atoms with Crippen LogP contribution in [0.1, 0.15) is 31.9 Å². The zero-order chi connectivity index (χ0) is 16.9. The van der Waals surface area contributed by atoms with Gasteiger partial charge in [-0.05, 0) is 32.4 Å². The van der Waals surface area contributed by atoms with E-state index in [0.29, 0.717) is 11.1 Å². The van der Waals surface area contributed by atoms with Gasteiger partial charge in [-0.2, -0.15) is 0 Å². The molecule has 0 saturated carbocycles. The molecule has 22 heavy (non-hydrogen) atoms. The number of hydrogen-bond acceptors (Lipinski definition) is 4. The third-order valence-electron chi connectivity index (χ3n) is 2.67. The van der Waals surface area contributed by atoms with Gasteiger partial charge in [0.25, 0.3) is 0 Å². The van der Waals surface area contributed by atoms with Crippen molar-refractivity contribution in [1.29, 1.82) is 5.41 Å². The van der Waals surface area contributed by atoms with Gasteiger partial charge in [0.05, 0.1) is 0 Å². The van der Waals surface area contributed by atoms with Crippen molar-refractivity contribution < 1.29 is 19.4 Å². The molecule has 0 spiro atoms. The molecule has 1 amide bonds. The lowest BCUT2D eigenvalue weighted by Crippen LogP contribution is -2.44. The number of carbonyl (C=O) groups is 2. The van der Waals surface area contributed by atoms with Gasteiger partial charge in [0.2, 0.25) is 0 Å². The van der Waals surface area contributed by atoms with Crippen molar-refractivity contribution in [2.45, 2.75) is 38.8 Å². The van der Waals surface area contributed by atoms with Crippen LogP contribution in [0, 0.1) is 5.41 Å². The molecule has 0 fully saturated rings. The predicted octanol–water partition coefficient (Wildman–Crippen LogP) is 1.49. The lowest BCUT2D eigenvalue weighted by atomic mass is 10.0. The van der Waals surface area contributed by atoms with Crippen LogP contribution in [0.5, 0.6) is 0 Å². The van der Waals surface area contributed by atoms with Crippen LogP contribution in [0.25, 0.3) is 0 Å². The van der Waals surface area contributed by atoms with E-state index in [4.69, 9.17) is 15.9 Å². The number of carboxylic acids is 1. The van der Waals surface area contributed by atoms with Crippen LogP contribution >= 0.6 is 0 Å². The number of amides is 1. The molecule has 0 saturated heterocycles. The van der Waals surface area contributed by atoms with Crippen LogP contribution in [0.3, 0.4) is 0 Å². The molecular formula is C15H21N3O4. The molecule has 120 valence electrons. The molecule has 0 aliphatic carbocycles. The SMILES string of the molecule is CC(C)(C)OC(=O)NC(Cc1cccc(C(=N)N)c1)C(=O)O. The summed E-state index contributed by atoms with van der Waals surface area (Å²) in [7, 11) is 0. The van der Waals surface area contributed by atoms with E-state index in [9.17, 15) is 14.7 Å². The number of alkyl carbamates (subject to hydrolysis) is 1. The standard InChI is InChI=1S/C15H21N3O4/c1-15(2,3)22-14(21)18-11(13(19)20)8-9-5-4-6-10(7-9)12(16)17/h4-7,11H,8H2,1-3H3,(H3,16,17)(H,18,21)(H,19,20). The van der Waals surface area contributed by atoms with Gasteiger partial charge < -0.3 is 20.9 Å². The zero-order valence-electron chi connectivity index (χ0n) is 12.8. The number of benzene rings is 1. The van der Waals surface area contributed by atoms with Gasteiger partial charge >= 0.3 is 12.1 Å². The number of carboxylic acid groups (broad SMARTS) is 1. The van der Waals surface area contributed by atoms with E-state index in [0.717, 1.165) is 0 Å². The number of aliphatic carboxylic acids is 1. The second-order valence-electron chi connectivity index (χ2n) is 5.86. The summed E-state index contributed by atoms with van der Waals surface area (Å²) in [6.45, 7) is 5.08. The average molecular weight is 307 g/mol. The fourth-order valence-corrected chi connectivity index (χ4v) is 1.75. The maximum absolute atomic E-state index is 11.7. The van der Waals surface area contributed by atoms with E-state index < -0.39 is 23.7 Å². The fourth-order valence-electron chi connectivity index (χ4n) is 1.75. The van der Waals surface area contributed by atoms with Crippen molar-refractivity contribution in [3.63, 3.8) is 0 Å². The van der Waals surface area contributed by atoms with Crippen LogP contribution in [-0.4, -0.2) is 34.6 Å². The minimum absolute atomic E-state index is 0.0652. The van der Waals surface area contributed by atoms with E-state index in [-0.39, 0.29) is 12.3 Å². The Bertz CT molecular complexity index is 578. The molecule has 7 nitrogen and oxygen atoms in total. The van der Waals surface area contributed by atoms with Gasteiger partial charge in [-0.1, -0.05) is 18.2 Å². The van der Waals surface area contributed by atoms with Gasteiger partial charge in [0.1, 0.15) is 17.5 Å². The molecule has 0 radical (unpaired) electrons. The number of ether oxygens (including phenoxy) is 1. The van der Waals surface area contributed by atoms with E-state index >= 15 is 0 Å². The smallest absolute Gasteiger partial charge is 0.408 e. The van der Waals surface area contributed by atoms with E-state index in [1.54, 1.807) is 45.0 Å². The first-order valence-corrected chi connectivity index (χ1v) is 6.74. The lowest BCUT2D eigenvalue weighted by molar-refractivity contribution is -0.139. The number of hydrogen-bond donors (Lipinski definition) is 4. The van der Waals surface area contributed by atoms with Crippen LogP contribution in [-0.2, 0) is 16.0 Å². The summed E-state index contributed by atoms with van der Waals surface area (Å²) < 4.78 is 5.05. The molecule has 1 aromatic carbocycles. The first-order chi connectivity index (χ1) is 10.1. The molecule has 0 aliphatic rings. The fraction of sp³-hybridized carbons (Fsp3) is 0.400. The number of nitrogens with two attached hydrogens (primary N) is 1. The maximum Gasteiger partial charge on any atom is 0.408 e. The number of rotatable bonds is 5. The van der Waals surface area contributed by atoms with Crippen LogP contribution in [0.2, 0.25) is 0 Å². The summed E-state index contributed by atoms with van der Waals surface area (Å²) in [6.07, 6.45) is -0.724. The van der Waals surface area contributed by atoms with Crippen molar-refractivity contribution in [1.82, 2.24) is 5.32 Å². The minimum Gasteiger partial charge on any atom is -0.480 e. The van der Waals surface area contributed by atoms with Crippen LogP contribution in [0.4, 0.5) is 4.79 Å². The van der Waals surface area contributed by atoms with Crippen molar-refractivity contribution in [3.05, 3.63) is 35.4 Å². The van der Waals surface area contributed by atoms with Crippen molar-refractivity contribution >= 4 is 17.9 Å². The van der Waals surface area contributed by atoms with Crippen LogP contribution < -0.4 is 11.1 Å². The lowest BCUT2D eigenvalue weighted by Gasteiger charge is -2.22. The van der Waals surface area contributed by atoms with Gasteiger partial charge in [0, 0.05) is 12.0 Å². The van der Waals surface area contributed by atoms with Gasteiger partial charge in [-0.3, -0.25) is 5.41 Å². The Kier molecular flexibility index (Phi) is 5.50.